The smallest absolute Gasteiger partial charge is 0.245 e. The van der Waals surface area contributed by atoms with Crippen LogP contribution in [0.5, 0.6) is 0 Å². The van der Waals surface area contributed by atoms with Crippen molar-refractivity contribution in [2.75, 3.05) is 31.1 Å². The van der Waals surface area contributed by atoms with E-state index in [0.29, 0.717) is 37.6 Å². The van der Waals surface area contributed by atoms with Gasteiger partial charge in [0, 0.05) is 39.0 Å². The highest BCUT2D eigenvalue weighted by Crippen LogP contribution is 2.26. The number of carbonyl (C=O) groups excluding carboxylic acids is 3. The van der Waals surface area contributed by atoms with Gasteiger partial charge in [0.2, 0.25) is 17.7 Å². The lowest BCUT2D eigenvalue weighted by Crippen LogP contribution is -2.55. The molecule has 1 atom stereocenters. The van der Waals surface area contributed by atoms with Crippen molar-refractivity contribution in [2.24, 2.45) is 0 Å². The Morgan fingerprint density at radius 2 is 1.68 bits per heavy atom. The molecule has 3 rings (SSSR count). The van der Waals surface area contributed by atoms with Crippen LogP contribution in [0.15, 0.2) is 24.3 Å². The molecule has 6 nitrogen and oxygen atoms in total. The summed E-state index contributed by atoms with van der Waals surface area (Å²) in [5, 5.41) is 0.696. The van der Waals surface area contributed by atoms with Crippen molar-refractivity contribution in [1.29, 1.82) is 0 Å². The fourth-order valence-electron chi connectivity index (χ4n) is 3.50. The number of piperazine rings is 1. The highest BCUT2D eigenvalue weighted by molar-refractivity contribution is 6.33. The lowest BCUT2D eigenvalue weighted by molar-refractivity contribution is -0.151. The van der Waals surface area contributed by atoms with E-state index in [1.807, 2.05) is 31.2 Å². The molecule has 0 N–H and O–H groups in total. The van der Waals surface area contributed by atoms with Gasteiger partial charge in [-0.1, -0.05) is 30.7 Å². The van der Waals surface area contributed by atoms with E-state index >= 15 is 0 Å². The summed E-state index contributed by atoms with van der Waals surface area (Å²) in [6.07, 6.45) is 0.868. The Balaban J connectivity index is 1.65. The predicted octanol–water partition coefficient (Wildman–Crippen LogP) is 1.92. The van der Waals surface area contributed by atoms with E-state index in [1.165, 1.54) is 4.90 Å². The van der Waals surface area contributed by atoms with E-state index in [0.717, 1.165) is 5.69 Å². The number of hydrogen-bond donors (Lipinski definition) is 0. The molecule has 0 saturated carbocycles. The average Bonchev–Trinajstić information content (AvgIpc) is 2.95. The maximum absolute atomic E-state index is 12.9. The Hall–Kier alpha value is -2.08. The second kappa shape index (κ2) is 7.44. The van der Waals surface area contributed by atoms with Gasteiger partial charge >= 0.3 is 0 Å². The molecule has 3 amide bonds. The average molecular weight is 364 g/mol. The van der Waals surface area contributed by atoms with Crippen molar-refractivity contribution in [3.63, 3.8) is 0 Å². The van der Waals surface area contributed by atoms with Crippen molar-refractivity contribution < 1.29 is 14.4 Å². The van der Waals surface area contributed by atoms with Gasteiger partial charge in [-0.3, -0.25) is 19.3 Å². The van der Waals surface area contributed by atoms with E-state index in [4.69, 9.17) is 11.6 Å². The lowest BCUT2D eigenvalue weighted by atomic mass is 10.1. The fourth-order valence-corrected chi connectivity index (χ4v) is 3.75. The molecule has 0 radical (unpaired) electrons. The Morgan fingerprint density at radius 3 is 2.24 bits per heavy atom. The van der Waals surface area contributed by atoms with E-state index in [9.17, 15) is 14.4 Å². The highest BCUT2D eigenvalue weighted by Gasteiger charge is 2.39. The second-order valence-corrected chi connectivity index (χ2v) is 6.75. The number of rotatable bonds is 4. The molecule has 2 saturated heterocycles. The summed E-state index contributed by atoms with van der Waals surface area (Å²) >= 11 is 6.24. The van der Waals surface area contributed by atoms with Crippen molar-refractivity contribution >= 4 is 35.0 Å². The summed E-state index contributed by atoms with van der Waals surface area (Å²) in [7, 11) is 0. The van der Waals surface area contributed by atoms with Crippen molar-refractivity contribution in [1.82, 2.24) is 9.80 Å². The fraction of sp³-hybridized carbons (Fsp3) is 0.500. The van der Waals surface area contributed by atoms with Crippen LogP contribution in [-0.2, 0) is 14.4 Å². The van der Waals surface area contributed by atoms with Gasteiger partial charge in [-0.25, -0.2) is 0 Å². The molecular formula is C18H22ClN3O3. The Morgan fingerprint density at radius 1 is 1.08 bits per heavy atom. The normalized spacial score (nSPS) is 19.5. The van der Waals surface area contributed by atoms with E-state index in [1.54, 1.807) is 4.90 Å². The number of para-hydroxylation sites is 1. The van der Waals surface area contributed by atoms with Gasteiger partial charge in [0.25, 0.3) is 0 Å². The maximum Gasteiger partial charge on any atom is 0.245 e. The third kappa shape index (κ3) is 3.49. The van der Waals surface area contributed by atoms with Crippen molar-refractivity contribution in [2.45, 2.75) is 32.2 Å². The summed E-state index contributed by atoms with van der Waals surface area (Å²) in [5.41, 5.74) is 0.966. The molecule has 2 heterocycles. The van der Waals surface area contributed by atoms with E-state index in [-0.39, 0.29) is 30.6 Å². The number of benzene rings is 1. The molecule has 0 spiro atoms. The van der Waals surface area contributed by atoms with Crippen LogP contribution >= 0.6 is 11.6 Å². The maximum atomic E-state index is 12.9. The minimum Gasteiger partial charge on any atom is -0.367 e. The summed E-state index contributed by atoms with van der Waals surface area (Å²) in [6.45, 7) is 4.29. The molecular weight excluding hydrogens is 342 g/mol. The Kier molecular flexibility index (Phi) is 5.27. The van der Waals surface area contributed by atoms with Gasteiger partial charge in [0.05, 0.1) is 10.7 Å². The number of nitrogens with zero attached hydrogens (tertiary/aromatic N) is 3. The van der Waals surface area contributed by atoms with Crippen molar-refractivity contribution in [3.05, 3.63) is 29.3 Å². The van der Waals surface area contributed by atoms with Crippen LogP contribution in [-0.4, -0.2) is 59.7 Å². The summed E-state index contributed by atoms with van der Waals surface area (Å²) in [5.74, 6) is -0.607. The number of imide groups is 1. The minimum absolute atomic E-state index is 0.134. The van der Waals surface area contributed by atoms with Gasteiger partial charge < -0.3 is 9.80 Å². The first-order valence-corrected chi connectivity index (χ1v) is 9.04. The zero-order chi connectivity index (χ0) is 18.0. The largest absolute Gasteiger partial charge is 0.367 e. The van der Waals surface area contributed by atoms with E-state index in [2.05, 4.69) is 4.90 Å². The van der Waals surface area contributed by atoms with E-state index < -0.39 is 6.04 Å². The minimum atomic E-state index is -0.672. The summed E-state index contributed by atoms with van der Waals surface area (Å²) < 4.78 is 0. The molecule has 0 aromatic heterocycles. The third-order valence-corrected chi connectivity index (χ3v) is 5.18. The number of halogens is 1. The molecule has 2 fully saturated rings. The number of amides is 3. The molecule has 0 bridgehead atoms. The molecule has 7 heteroatoms. The van der Waals surface area contributed by atoms with Crippen LogP contribution in [0.3, 0.4) is 0 Å². The molecule has 1 aromatic carbocycles. The quantitative estimate of drug-likeness (QED) is 0.767. The van der Waals surface area contributed by atoms with Crippen molar-refractivity contribution in [3.8, 4) is 0 Å². The lowest BCUT2D eigenvalue weighted by Gasteiger charge is -2.38. The molecule has 1 unspecified atom stereocenters. The first-order chi connectivity index (χ1) is 12.0. The predicted molar refractivity (Wildman–Crippen MR) is 95.4 cm³/mol. The topological polar surface area (TPSA) is 60.9 Å². The Bertz CT molecular complexity index is 670. The van der Waals surface area contributed by atoms with Gasteiger partial charge in [-0.15, -0.1) is 0 Å². The van der Waals surface area contributed by atoms with Crippen LogP contribution in [0.25, 0.3) is 0 Å². The standard InChI is InChI=1S/C18H22ClN3O3/c1-2-14(22-16(23)7-8-17(22)24)18(25)21-11-9-20(10-12-21)15-6-4-3-5-13(15)19/h3-6,14H,2,7-12H2,1H3. The highest BCUT2D eigenvalue weighted by atomic mass is 35.5. The molecule has 0 aliphatic carbocycles. The van der Waals surface area contributed by atoms with Gasteiger partial charge in [0.15, 0.2) is 0 Å². The van der Waals surface area contributed by atoms with Crippen LogP contribution in [0.2, 0.25) is 5.02 Å². The molecule has 134 valence electrons. The van der Waals surface area contributed by atoms with Gasteiger partial charge in [0.1, 0.15) is 6.04 Å². The number of anilines is 1. The summed E-state index contributed by atoms with van der Waals surface area (Å²) in [4.78, 5) is 41.8. The number of carbonyl (C=O) groups is 3. The third-order valence-electron chi connectivity index (χ3n) is 4.86. The van der Waals surface area contributed by atoms with Crippen LogP contribution in [0, 0.1) is 0 Å². The number of likely N-dealkylation sites (tertiary alicyclic amines) is 1. The molecule has 2 aliphatic heterocycles. The SMILES string of the molecule is CCC(C(=O)N1CCN(c2ccccc2Cl)CC1)N1C(=O)CCC1=O. The van der Waals surface area contributed by atoms with Crippen LogP contribution in [0.4, 0.5) is 5.69 Å². The molecule has 1 aromatic rings. The monoisotopic (exact) mass is 363 g/mol. The zero-order valence-electron chi connectivity index (χ0n) is 14.3. The van der Waals surface area contributed by atoms with Crippen LogP contribution in [0.1, 0.15) is 26.2 Å². The molecule has 25 heavy (non-hydrogen) atoms. The zero-order valence-corrected chi connectivity index (χ0v) is 15.0. The second-order valence-electron chi connectivity index (χ2n) is 6.35. The number of hydrogen-bond acceptors (Lipinski definition) is 4. The molecule has 2 aliphatic rings. The van der Waals surface area contributed by atoms with Gasteiger partial charge in [-0.05, 0) is 18.6 Å². The van der Waals surface area contributed by atoms with Crippen LogP contribution < -0.4 is 4.90 Å². The summed E-state index contributed by atoms with van der Waals surface area (Å²) in [6, 6.07) is 6.98. The first kappa shape index (κ1) is 17.7. The Labute approximate surface area is 152 Å². The van der Waals surface area contributed by atoms with Gasteiger partial charge in [-0.2, -0.15) is 0 Å². The first-order valence-electron chi connectivity index (χ1n) is 8.66.